The summed E-state index contributed by atoms with van der Waals surface area (Å²) in [6.45, 7) is 4.53. The molecular weight excluding hydrogens is 290 g/mol. The van der Waals surface area contributed by atoms with Crippen molar-refractivity contribution in [3.8, 4) is 11.3 Å². The van der Waals surface area contributed by atoms with Gasteiger partial charge in [0.1, 0.15) is 0 Å². The number of hydrogen-bond acceptors (Lipinski definition) is 4. The van der Waals surface area contributed by atoms with Crippen LogP contribution in [0.1, 0.15) is 28.5 Å². The molecule has 0 fully saturated rings. The maximum atomic E-state index is 12.4. The first kappa shape index (κ1) is 15.2. The molecular formula is C18H19N3O2. The molecule has 3 rings (SSSR count). The van der Waals surface area contributed by atoms with Gasteiger partial charge in [0, 0.05) is 35.7 Å². The summed E-state index contributed by atoms with van der Waals surface area (Å²) >= 11 is 0. The number of esters is 1. The number of nitrogens with two attached hydrogens (primary N) is 1. The molecule has 0 saturated heterocycles. The van der Waals surface area contributed by atoms with Gasteiger partial charge in [0.25, 0.3) is 0 Å². The summed E-state index contributed by atoms with van der Waals surface area (Å²) in [5.74, 6) is -0.324. The van der Waals surface area contributed by atoms with E-state index < -0.39 is 0 Å². The van der Waals surface area contributed by atoms with Crippen molar-refractivity contribution in [3.63, 3.8) is 0 Å². The van der Waals surface area contributed by atoms with Gasteiger partial charge in [-0.05, 0) is 49.7 Å². The van der Waals surface area contributed by atoms with Gasteiger partial charge in [0.05, 0.1) is 17.9 Å². The number of pyridine rings is 2. The Labute approximate surface area is 134 Å². The van der Waals surface area contributed by atoms with Gasteiger partial charge in [-0.2, -0.15) is 0 Å². The molecule has 5 heteroatoms. The average molecular weight is 309 g/mol. The highest BCUT2D eigenvalue weighted by Gasteiger charge is 2.19. The molecule has 0 amide bonds. The normalized spacial score (nSPS) is 10.9. The Hall–Kier alpha value is -2.66. The summed E-state index contributed by atoms with van der Waals surface area (Å²) in [4.78, 5) is 16.6. The van der Waals surface area contributed by atoms with Crippen LogP contribution < -0.4 is 5.73 Å². The van der Waals surface area contributed by atoms with Crippen LogP contribution in [0.15, 0.2) is 42.7 Å². The quantitative estimate of drug-likeness (QED) is 0.752. The molecule has 23 heavy (non-hydrogen) atoms. The first-order valence-electron chi connectivity index (χ1n) is 7.58. The minimum Gasteiger partial charge on any atom is -0.462 e. The number of hydrogen-bond donors (Lipinski definition) is 1. The van der Waals surface area contributed by atoms with Crippen LogP contribution in [0.4, 0.5) is 0 Å². The van der Waals surface area contributed by atoms with E-state index in [0.29, 0.717) is 18.7 Å². The van der Waals surface area contributed by atoms with Crippen molar-refractivity contribution in [1.82, 2.24) is 9.38 Å². The smallest absolute Gasteiger partial charge is 0.340 e. The van der Waals surface area contributed by atoms with Gasteiger partial charge in [-0.25, -0.2) is 4.79 Å². The number of fused-ring (bicyclic) bond motifs is 1. The van der Waals surface area contributed by atoms with Crippen molar-refractivity contribution in [3.05, 3.63) is 59.5 Å². The second-order valence-electron chi connectivity index (χ2n) is 5.35. The largest absolute Gasteiger partial charge is 0.462 e. The maximum absolute atomic E-state index is 12.4. The van der Waals surface area contributed by atoms with Crippen molar-refractivity contribution in [1.29, 1.82) is 0 Å². The Bertz CT molecular complexity index is 868. The number of aryl methyl sites for hydroxylation is 1. The van der Waals surface area contributed by atoms with Crippen molar-refractivity contribution < 1.29 is 9.53 Å². The lowest BCUT2D eigenvalue weighted by atomic mass is 10.1. The molecule has 0 spiro atoms. The second kappa shape index (κ2) is 6.22. The zero-order chi connectivity index (χ0) is 16.4. The fraction of sp³-hybridized carbons (Fsp3) is 0.222. The Balaban J connectivity index is 2.27. The molecule has 0 unspecified atom stereocenters. The first-order chi connectivity index (χ1) is 11.1. The SMILES string of the molecule is CCOC(=O)c1cc2cc(CN)ccn2c1-c1ccnc(C)c1. The van der Waals surface area contributed by atoms with E-state index in [2.05, 4.69) is 4.98 Å². The fourth-order valence-corrected chi connectivity index (χ4v) is 2.70. The van der Waals surface area contributed by atoms with E-state index in [1.54, 1.807) is 13.1 Å². The van der Waals surface area contributed by atoms with Crippen LogP contribution in [0, 0.1) is 6.92 Å². The van der Waals surface area contributed by atoms with Crippen LogP contribution in [-0.2, 0) is 11.3 Å². The minimum absolute atomic E-state index is 0.324. The predicted molar refractivity (Wildman–Crippen MR) is 89.2 cm³/mol. The van der Waals surface area contributed by atoms with Gasteiger partial charge in [0.15, 0.2) is 0 Å². The number of aromatic nitrogens is 2. The minimum atomic E-state index is -0.324. The average Bonchev–Trinajstić information content (AvgIpc) is 2.93. The number of rotatable bonds is 4. The zero-order valence-corrected chi connectivity index (χ0v) is 13.2. The van der Waals surface area contributed by atoms with E-state index in [9.17, 15) is 4.79 Å². The lowest BCUT2D eigenvalue weighted by molar-refractivity contribution is 0.0527. The van der Waals surface area contributed by atoms with Crippen LogP contribution in [0.2, 0.25) is 0 Å². The van der Waals surface area contributed by atoms with Gasteiger partial charge >= 0.3 is 5.97 Å². The van der Waals surface area contributed by atoms with Crippen LogP contribution in [0.25, 0.3) is 16.8 Å². The second-order valence-corrected chi connectivity index (χ2v) is 5.35. The number of ether oxygens (including phenoxy) is 1. The number of carbonyl (C=O) groups excluding carboxylic acids is 1. The van der Waals surface area contributed by atoms with Gasteiger partial charge in [0.2, 0.25) is 0 Å². The Morgan fingerprint density at radius 1 is 1.30 bits per heavy atom. The van der Waals surface area contributed by atoms with Crippen LogP contribution in [0.3, 0.4) is 0 Å². The zero-order valence-electron chi connectivity index (χ0n) is 13.2. The van der Waals surface area contributed by atoms with Gasteiger partial charge in [-0.3, -0.25) is 4.98 Å². The molecule has 0 aliphatic heterocycles. The van der Waals surface area contributed by atoms with Crippen molar-refractivity contribution in [2.24, 2.45) is 5.73 Å². The molecule has 118 valence electrons. The summed E-state index contributed by atoms with van der Waals surface area (Å²) in [7, 11) is 0. The van der Waals surface area contributed by atoms with Crippen LogP contribution >= 0.6 is 0 Å². The molecule has 0 aliphatic carbocycles. The Morgan fingerprint density at radius 2 is 2.13 bits per heavy atom. The first-order valence-corrected chi connectivity index (χ1v) is 7.58. The van der Waals surface area contributed by atoms with Crippen LogP contribution in [0.5, 0.6) is 0 Å². The summed E-state index contributed by atoms with van der Waals surface area (Å²) in [5, 5.41) is 0. The van der Waals surface area contributed by atoms with Crippen molar-refractivity contribution >= 4 is 11.5 Å². The van der Waals surface area contributed by atoms with E-state index >= 15 is 0 Å². The highest BCUT2D eigenvalue weighted by molar-refractivity contribution is 5.99. The standard InChI is InChI=1S/C18H19N3O2/c1-3-23-18(22)16-10-15-9-13(11-19)5-7-21(15)17(16)14-4-6-20-12(2)8-14/h4-10H,3,11,19H2,1-2H3. The third kappa shape index (κ3) is 2.83. The molecule has 3 aromatic heterocycles. The highest BCUT2D eigenvalue weighted by atomic mass is 16.5. The number of nitrogens with zero attached hydrogens (tertiary/aromatic N) is 2. The topological polar surface area (TPSA) is 69.6 Å². The molecule has 2 N–H and O–H groups in total. The summed E-state index contributed by atoms with van der Waals surface area (Å²) in [6, 6.07) is 9.65. The molecule has 0 aromatic carbocycles. The lowest BCUT2D eigenvalue weighted by Crippen LogP contribution is -2.05. The van der Waals surface area contributed by atoms with E-state index in [0.717, 1.165) is 28.0 Å². The molecule has 5 nitrogen and oxygen atoms in total. The molecule has 0 aliphatic rings. The van der Waals surface area contributed by atoms with Gasteiger partial charge in [-0.1, -0.05) is 0 Å². The predicted octanol–water partition coefficient (Wildman–Crippen LogP) is 2.95. The monoisotopic (exact) mass is 309 g/mol. The van der Waals surface area contributed by atoms with E-state index in [1.807, 2.05) is 47.9 Å². The molecule has 3 heterocycles. The maximum Gasteiger partial charge on any atom is 0.340 e. The fourth-order valence-electron chi connectivity index (χ4n) is 2.70. The molecule has 0 saturated carbocycles. The highest BCUT2D eigenvalue weighted by Crippen LogP contribution is 2.29. The van der Waals surface area contributed by atoms with Crippen molar-refractivity contribution in [2.45, 2.75) is 20.4 Å². The number of carbonyl (C=O) groups is 1. The Kier molecular flexibility index (Phi) is 4.12. The van der Waals surface area contributed by atoms with E-state index in [1.165, 1.54) is 0 Å². The molecule has 0 bridgehead atoms. The van der Waals surface area contributed by atoms with Crippen LogP contribution in [-0.4, -0.2) is 22.0 Å². The van der Waals surface area contributed by atoms with E-state index in [4.69, 9.17) is 10.5 Å². The molecule has 3 aromatic rings. The molecule has 0 radical (unpaired) electrons. The third-order valence-electron chi connectivity index (χ3n) is 3.74. The molecule has 0 atom stereocenters. The third-order valence-corrected chi connectivity index (χ3v) is 3.74. The van der Waals surface area contributed by atoms with Crippen molar-refractivity contribution in [2.75, 3.05) is 6.61 Å². The Morgan fingerprint density at radius 3 is 2.83 bits per heavy atom. The lowest BCUT2D eigenvalue weighted by Gasteiger charge is -2.08. The summed E-state index contributed by atoms with van der Waals surface area (Å²) in [5.41, 5.74) is 10.8. The van der Waals surface area contributed by atoms with Gasteiger partial charge in [-0.15, -0.1) is 0 Å². The summed E-state index contributed by atoms with van der Waals surface area (Å²) in [6.07, 6.45) is 3.68. The van der Waals surface area contributed by atoms with E-state index in [-0.39, 0.29) is 5.97 Å². The summed E-state index contributed by atoms with van der Waals surface area (Å²) < 4.78 is 7.20. The van der Waals surface area contributed by atoms with Gasteiger partial charge < -0.3 is 14.9 Å².